The van der Waals surface area contributed by atoms with Crippen LogP contribution in [0.2, 0.25) is 0 Å². The molecule has 0 atom stereocenters. The zero-order chi connectivity index (χ0) is 18.1. The molecule has 3 aromatic rings. The van der Waals surface area contributed by atoms with Crippen LogP contribution in [0.1, 0.15) is 63.7 Å². The fraction of sp³-hybridized carbons (Fsp3) is 0.476. The molecule has 26 heavy (non-hydrogen) atoms. The topological polar surface area (TPSA) is 52.0 Å². The van der Waals surface area contributed by atoms with Crippen LogP contribution < -0.4 is 11.0 Å². The fourth-order valence-corrected chi connectivity index (χ4v) is 5.16. The number of aryl methyl sites for hydroxylation is 1. The van der Waals surface area contributed by atoms with Gasteiger partial charge in [0, 0.05) is 22.5 Å². The van der Waals surface area contributed by atoms with Crippen LogP contribution in [0, 0.1) is 0 Å². The summed E-state index contributed by atoms with van der Waals surface area (Å²) in [7, 11) is 0. The van der Waals surface area contributed by atoms with Gasteiger partial charge in [-0.3, -0.25) is 14.2 Å². The summed E-state index contributed by atoms with van der Waals surface area (Å²) < 4.78 is 2.77. The molecule has 0 radical (unpaired) electrons. The number of fused-ring (bicyclic) bond motifs is 2. The second-order valence-corrected chi connectivity index (χ2v) is 8.24. The minimum Gasteiger partial charge on any atom is -0.293 e. The summed E-state index contributed by atoms with van der Waals surface area (Å²) in [4.78, 5) is 31.9. The number of hydrogen-bond donors (Lipinski definition) is 0. The van der Waals surface area contributed by atoms with Crippen LogP contribution in [0.25, 0.3) is 20.3 Å². The first-order chi connectivity index (χ1) is 12.7. The monoisotopic (exact) mass is 368 g/mol. The molecule has 4 nitrogen and oxygen atoms in total. The van der Waals surface area contributed by atoms with Gasteiger partial charge in [0.2, 0.25) is 5.43 Å². The van der Waals surface area contributed by atoms with E-state index in [0.717, 1.165) is 49.0 Å². The lowest BCUT2D eigenvalue weighted by Crippen LogP contribution is -2.31. The van der Waals surface area contributed by atoms with Gasteiger partial charge in [0.15, 0.2) is 0 Å². The Morgan fingerprint density at radius 3 is 2.58 bits per heavy atom. The standard InChI is InChI=1S/C21H24N2O2S/c1-2-9-17-22-20-18(19(24)15-12-7-8-13-16(15)26-20)21(25)23(17)14-10-5-3-4-6-11-14/h7-8,12-14H,2-6,9-11H2,1H3. The first-order valence-electron chi connectivity index (χ1n) is 9.67. The molecule has 136 valence electrons. The molecule has 0 saturated heterocycles. The molecular formula is C21H24N2O2S. The zero-order valence-corrected chi connectivity index (χ0v) is 16.0. The van der Waals surface area contributed by atoms with E-state index in [-0.39, 0.29) is 22.4 Å². The molecule has 0 N–H and O–H groups in total. The van der Waals surface area contributed by atoms with Crippen molar-refractivity contribution in [1.29, 1.82) is 0 Å². The smallest absolute Gasteiger partial charge is 0.266 e. The Morgan fingerprint density at radius 2 is 1.85 bits per heavy atom. The number of nitrogens with zero attached hydrogens (tertiary/aromatic N) is 2. The van der Waals surface area contributed by atoms with Crippen LogP contribution in [0.15, 0.2) is 33.9 Å². The van der Waals surface area contributed by atoms with E-state index in [1.165, 1.54) is 24.2 Å². The Morgan fingerprint density at radius 1 is 1.12 bits per heavy atom. The van der Waals surface area contributed by atoms with Gasteiger partial charge in [-0.2, -0.15) is 0 Å². The van der Waals surface area contributed by atoms with E-state index in [4.69, 9.17) is 4.98 Å². The van der Waals surface area contributed by atoms with Gasteiger partial charge in [-0.1, -0.05) is 44.7 Å². The Hall–Kier alpha value is -2.01. The number of rotatable bonds is 3. The average molecular weight is 369 g/mol. The highest BCUT2D eigenvalue weighted by atomic mass is 32.1. The fourth-order valence-electron chi connectivity index (χ4n) is 4.10. The van der Waals surface area contributed by atoms with Crippen LogP contribution in [-0.4, -0.2) is 9.55 Å². The van der Waals surface area contributed by atoms with E-state index >= 15 is 0 Å². The van der Waals surface area contributed by atoms with Gasteiger partial charge in [0.25, 0.3) is 5.56 Å². The van der Waals surface area contributed by atoms with Crippen LogP contribution in [0.3, 0.4) is 0 Å². The summed E-state index contributed by atoms with van der Waals surface area (Å²) in [5.74, 6) is 0.850. The van der Waals surface area contributed by atoms with Gasteiger partial charge in [-0.15, -0.1) is 11.3 Å². The lowest BCUT2D eigenvalue weighted by atomic mass is 10.1. The molecule has 0 spiro atoms. The van der Waals surface area contributed by atoms with Crippen LogP contribution in [0.5, 0.6) is 0 Å². The van der Waals surface area contributed by atoms with Crippen molar-refractivity contribution in [3.05, 3.63) is 50.7 Å². The highest BCUT2D eigenvalue weighted by Gasteiger charge is 2.22. The van der Waals surface area contributed by atoms with Gasteiger partial charge in [0.05, 0.1) is 0 Å². The lowest BCUT2D eigenvalue weighted by molar-refractivity contribution is 0.414. The van der Waals surface area contributed by atoms with Crippen molar-refractivity contribution in [2.24, 2.45) is 0 Å². The first kappa shape index (κ1) is 17.4. The molecule has 1 fully saturated rings. The maximum atomic E-state index is 13.4. The highest BCUT2D eigenvalue weighted by Crippen LogP contribution is 2.29. The van der Waals surface area contributed by atoms with E-state index in [0.29, 0.717) is 10.2 Å². The van der Waals surface area contributed by atoms with Gasteiger partial charge in [0.1, 0.15) is 16.0 Å². The second kappa shape index (κ2) is 7.31. The first-order valence-corrected chi connectivity index (χ1v) is 10.5. The maximum absolute atomic E-state index is 13.4. The van der Waals surface area contributed by atoms with E-state index in [1.54, 1.807) is 0 Å². The van der Waals surface area contributed by atoms with Crippen LogP contribution in [-0.2, 0) is 6.42 Å². The highest BCUT2D eigenvalue weighted by molar-refractivity contribution is 7.24. The Kier molecular flexibility index (Phi) is 4.90. The molecule has 0 bridgehead atoms. The Bertz CT molecular complexity index is 1060. The molecular weight excluding hydrogens is 344 g/mol. The molecule has 2 aromatic heterocycles. The van der Waals surface area contributed by atoms with E-state index in [1.807, 2.05) is 28.8 Å². The molecule has 1 saturated carbocycles. The molecule has 4 rings (SSSR count). The predicted molar refractivity (Wildman–Crippen MR) is 108 cm³/mol. The maximum Gasteiger partial charge on any atom is 0.266 e. The van der Waals surface area contributed by atoms with E-state index < -0.39 is 0 Å². The molecule has 0 unspecified atom stereocenters. The number of benzene rings is 1. The minimum atomic E-state index is -0.169. The molecule has 0 aliphatic heterocycles. The van der Waals surface area contributed by atoms with E-state index in [2.05, 4.69) is 6.92 Å². The van der Waals surface area contributed by atoms with Crippen molar-refractivity contribution in [1.82, 2.24) is 9.55 Å². The minimum absolute atomic E-state index is 0.127. The predicted octanol–water partition coefficient (Wildman–Crippen LogP) is 4.82. The van der Waals surface area contributed by atoms with Gasteiger partial charge in [-0.25, -0.2) is 4.98 Å². The molecule has 1 aromatic carbocycles. The Balaban J connectivity index is 2.03. The average Bonchev–Trinajstić information content (AvgIpc) is 2.91. The van der Waals surface area contributed by atoms with Gasteiger partial charge >= 0.3 is 0 Å². The molecule has 1 aliphatic carbocycles. The summed E-state index contributed by atoms with van der Waals surface area (Å²) in [5.41, 5.74) is -0.297. The largest absolute Gasteiger partial charge is 0.293 e. The van der Waals surface area contributed by atoms with Crippen molar-refractivity contribution < 1.29 is 0 Å². The van der Waals surface area contributed by atoms with Crippen molar-refractivity contribution in [3.8, 4) is 0 Å². The van der Waals surface area contributed by atoms with Crippen LogP contribution in [0.4, 0.5) is 0 Å². The SMILES string of the molecule is CCCc1nc2sc3ccccc3c(=O)c2c(=O)n1C1CCCCCC1. The molecule has 5 heteroatoms. The van der Waals surface area contributed by atoms with E-state index in [9.17, 15) is 9.59 Å². The van der Waals surface area contributed by atoms with Crippen molar-refractivity contribution >= 4 is 31.6 Å². The summed E-state index contributed by atoms with van der Waals surface area (Å²) >= 11 is 1.45. The van der Waals surface area contributed by atoms with Gasteiger partial charge in [-0.05, 0) is 31.4 Å². The number of aromatic nitrogens is 2. The summed E-state index contributed by atoms with van der Waals surface area (Å²) in [5, 5.41) is 0.900. The third-order valence-electron chi connectivity index (χ3n) is 5.38. The van der Waals surface area contributed by atoms with Crippen molar-refractivity contribution in [2.45, 2.75) is 64.3 Å². The summed E-state index contributed by atoms with van der Waals surface area (Å²) in [6, 6.07) is 7.69. The summed E-state index contributed by atoms with van der Waals surface area (Å²) in [6.07, 6.45) is 8.48. The van der Waals surface area contributed by atoms with Gasteiger partial charge < -0.3 is 0 Å². The lowest BCUT2D eigenvalue weighted by Gasteiger charge is -2.21. The zero-order valence-electron chi connectivity index (χ0n) is 15.2. The molecule has 2 heterocycles. The Labute approximate surface area is 156 Å². The third-order valence-corrected chi connectivity index (χ3v) is 6.45. The number of hydrogen-bond acceptors (Lipinski definition) is 4. The molecule has 1 aliphatic rings. The van der Waals surface area contributed by atoms with Crippen molar-refractivity contribution in [3.63, 3.8) is 0 Å². The normalized spacial score (nSPS) is 16.2. The van der Waals surface area contributed by atoms with Crippen molar-refractivity contribution in [2.75, 3.05) is 0 Å². The third kappa shape index (κ3) is 2.98. The van der Waals surface area contributed by atoms with Crippen LogP contribution >= 0.6 is 11.3 Å². The summed E-state index contributed by atoms with van der Waals surface area (Å²) in [6.45, 7) is 2.11. The quantitative estimate of drug-likeness (QED) is 0.492. The second-order valence-electron chi connectivity index (χ2n) is 7.21. The molecule has 0 amide bonds.